The Morgan fingerprint density at radius 1 is 1.07 bits per heavy atom. The van der Waals surface area contributed by atoms with Crippen LogP contribution in [0.1, 0.15) is 36.0 Å². The van der Waals surface area contributed by atoms with Crippen molar-refractivity contribution in [3.8, 4) is 5.75 Å². The fraction of sp³-hybridized carbons (Fsp3) is 0.316. The van der Waals surface area contributed by atoms with Crippen molar-refractivity contribution in [1.82, 2.24) is 4.98 Å². The van der Waals surface area contributed by atoms with Crippen molar-refractivity contribution in [1.29, 1.82) is 0 Å². The molecule has 5 nitrogen and oxygen atoms in total. The molecule has 2 aromatic rings. The highest BCUT2D eigenvalue weighted by atomic mass is 32.5. The van der Waals surface area contributed by atoms with Gasteiger partial charge in [-0.15, -0.1) is 0 Å². The lowest BCUT2D eigenvalue weighted by molar-refractivity contribution is -0.117. The minimum Gasteiger partial charge on any atom is -0.494 e. The van der Waals surface area contributed by atoms with Crippen LogP contribution in [-0.4, -0.2) is 23.3 Å². The van der Waals surface area contributed by atoms with Crippen LogP contribution >= 0.6 is 10.2 Å². The first-order valence-corrected chi connectivity index (χ1v) is 11.0. The number of nitrogens with one attached hydrogen (secondary N) is 1. The number of amides is 1. The van der Waals surface area contributed by atoms with Gasteiger partial charge in [0.05, 0.1) is 6.61 Å². The predicted octanol–water partition coefficient (Wildman–Crippen LogP) is 6.13. The molecular weight excluding hydrogens is 431 g/mol. The zero-order valence-electron chi connectivity index (χ0n) is 15.6. The number of carbonyl (C=O) groups excluding carboxylic acids is 2. The summed E-state index contributed by atoms with van der Waals surface area (Å²) in [5.74, 6) is -0.0719. The topological polar surface area (TPSA) is 68.3 Å². The fourth-order valence-electron chi connectivity index (χ4n) is 2.61. The molecule has 1 saturated carbocycles. The molecule has 164 valence electrons. The van der Waals surface area contributed by atoms with E-state index in [2.05, 4.69) is 10.3 Å². The van der Waals surface area contributed by atoms with Crippen LogP contribution in [0.15, 0.2) is 47.5 Å². The number of carbonyl (C=O) groups is 2. The smallest absolute Gasteiger partial charge is 0.310 e. The second kappa shape index (κ2) is 7.22. The predicted molar refractivity (Wildman–Crippen MR) is 102 cm³/mol. The summed E-state index contributed by atoms with van der Waals surface area (Å²) in [6.07, 6.45) is 3.44. The molecule has 3 rings (SSSR count). The summed E-state index contributed by atoms with van der Waals surface area (Å²) in [6.45, 7) is 0.0118. The number of hydrogen-bond acceptors (Lipinski definition) is 4. The molecule has 0 atom stereocenters. The summed E-state index contributed by atoms with van der Waals surface area (Å²) in [4.78, 5) is 26.0. The maximum atomic E-state index is 12.7. The highest BCUT2D eigenvalue weighted by Crippen LogP contribution is 3.02. The molecule has 0 aliphatic heterocycles. The lowest BCUT2D eigenvalue weighted by Crippen LogP contribution is -2.15. The molecule has 1 heterocycles. The normalized spacial score (nSPS) is 16.3. The van der Waals surface area contributed by atoms with Gasteiger partial charge in [0.2, 0.25) is 5.91 Å². The Balaban J connectivity index is 1.47. The lowest BCUT2D eigenvalue weighted by Gasteiger charge is -2.40. The van der Waals surface area contributed by atoms with E-state index in [1.54, 1.807) is 0 Å². The minimum absolute atomic E-state index is 0.00127. The first kappa shape index (κ1) is 22.0. The Kier molecular flexibility index (Phi) is 5.30. The number of pyridine rings is 1. The second-order valence-electron chi connectivity index (χ2n) is 7.01. The Morgan fingerprint density at radius 2 is 1.73 bits per heavy atom. The molecule has 1 amide bonds. The molecule has 0 saturated heterocycles. The van der Waals surface area contributed by atoms with E-state index in [4.69, 9.17) is 4.74 Å². The highest BCUT2D eigenvalue weighted by molar-refractivity contribution is 8.45. The number of ketones is 1. The average molecular weight is 450 g/mol. The third kappa shape index (κ3) is 6.15. The van der Waals surface area contributed by atoms with Crippen LogP contribution in [0.4, 0.5) is 25.2 Å². The summed E-state index contributed by atoms with van der Waals surface area (Å²) in [5.41, 5.74) is 0.358. The van der Waals surface area contributed by atoms with Crippen molar-refractivity contribution in [3.05, 3.63) is 48.2 Å². The van der Waals surface area contributed by atoms with E-state index in [0.29, 0.717) is 5.56 Å². The van der Waals surface area contributed by atoms with Gasteiger partial charge >= 0.3 is 10.2 Å². The van der Waals surface area contributed by atoms with Gasteiger partial charge in [-0.05, 0) is 55.7 Å². The SMILES string of the molecule is O=C(CCCOc1ccc(S(F)(F)(F)(F)F)cc1)c1ccnc(NC(=O)C2CC2)c1. The summed E-state index contributed by atoms with van der Waals surface area (Å²) in [7, 11) is -9.70. The first-order valence-electron chi connectivity index (χ1n) is 9.09. The summed E-state index contributed by atoms with van der Waals surface area (Å²) in [6, 6.07) is 5.16. The van der Waals surface area contributed by atoms with E-state index in [-0.39, 0.29) is 60.8 Å². The van der Waals surface area contributed by atoms with Crippen LogP contribution in [-0.2, 0) is 4.79 Å². The summed E-state index contributed by atoms with van der Waals surface area (Å²) < 4.78 is 68.6. The maximum Gasteiger partial charge on any atom is 0.310 e. The number of ether oxygens (including phenoxy) is 1. The Bertz CT molecular complexity index is 961. The molecule has 0 spiro atoms. The van der Waals surface area contributed by atoms with Crippen molar-refractivity contribution < 1.29 is 33.8 Å². The molecule has 1 aliphatic carbocycles. The van der Waals surface area contributed by atoms with Gasteiger partial charge in [-0.2, -0.15) is 0 Å². The summed E-state index contributed by atoms with van der Waals surface area (Å²) >= 11 is 0. The quantitative estimate of drug-likeness (QED) is 0.284. The van der Waals surface area contributed by atoms with Crippen LogP contribution in [0.3, 0.4) is 0 Å². The van der Waals surface area contributed by atoms with E-state index in [9.17, 15) is 29.0 Å². The van der Waals surface area contributed by atoms with Gasteiger partial charge in [0.25, 0.3) is 0 Å². The van der Waals surface area contributed by atoms with Gasteiger partial charge in [-0.25, -0.2) is 4.98 Å². The number of nitrogens with zero attached hydrogens (tertiary/aromatic N) is 1. The van der Waals surface area contributed by atoms with Gasteiger partial charge in [0.15, 0.2) is 5.78 Å². The fourth-order valence-corrected chi connectivity index (χ4v) is 3.26. The number of benzene rings is 1. The number of halogens is 5. The van der Waals surface area contributed by atoms with Gasteiger partial charge < -0.3 is 10.1 Å². The number of anilines is 1. The number of hydrogen-bond donors (Lipinski definition) is 1. The highest BCUT2D eigenvalue weighted by Gasteiger charge is 2.65. The minimum atomic E-state index is -9.70. The van der Waals surface area contributed by atoms with Crippen LogP contribution in [0.25, 0.3) is 0 Å². The van der Waals surface area contributed by atoms with Crippen molar-refractivity contribution in [2.45, 2.75) is 30.6 Å². The van der Waals surface area contributed by atoms with Crippen LogP contribution in [0.5, 0.6) is 5.75 Å². The molecule has 1 fully saturated rings. The Morgan fingerprint density at radius 3 is 2.33 bits per heavy atom. The number of aromatic nitrogens is 1. The van der Waals surface area contributed by atoms with E-state index >= 15 is 0 Å². The van der Waals surface area contributed by atoms with Crippen molar-refractivity contribution in [2.24, 2.45) is 5.92 Å². The molecule has 1 aromatic carbocycles. The molecular formula is C19H19F5N2O3S. The molecule has 1 aromatic heterocycles. The average Bonchev–Trinajstić information content (AvgIpc) is 3.49. The van der Waals surface area contributed by atoms with Gasteiger partial charge in [0, 0.05) is 24.1 Å². The molecule has 0 radical (unpaired) electrons. The summed E-state index contributed by atoms with van der Waals surface area (Å²) in [5, 5.41) is 2.65. The monoisotopic (exact) mass is 450 g/mol. The van der Waals surface area contributed by atoms with Gasteiger partial charge in [0.1, 0.15) is 16.5 Å². The molecule has 0 unspecified atom stereocenters. The molecule has 0 bridgehead atoms. The van der Waals surface area contributed by atoms with Crippen molar-refractivity contribution in [2.75, 3.05) is 11.9 Å². The van der Waals surface area contributed by atoms with Gasteiger partial charge in [-0.3, -0.25) is 9.59 Å². The first-order chi connectivity index (χ1) is 13.8. The van der Waals surface area contributed by atoms with E-state index in [0.717, 1.165) is 25.0 Å². The number of rotatable bonds is 9. The van der Waals surface area contributed by atoms with E-state index < -0.39 is 15.1 Å². The van der Waals surface area contributed by atoms with Gasteiger partial charge in [-0.1, -0.05) is 19.4 Å². The van der Waals surface area contributed by atoms with Crippen LogP contribution < -0.4 is 10.1 Å². The molecule has 11 heteroatoms. The van der Waals surface area contributed by atoms with E-state index in [1.165, 1.54) is 18.3 Å². The molecule has 1 N–H and O–H groups in total. The maximum absolute atomic E-state index is 12.7. The standard InChI is InChI=1S/C19H19F5N2O3S/c20-30(21,22,23,24)16-7-5-15(6-8-16)29-11-1-2-17(27)14-9-10-25-18(12-14)26-19(28)13-3-4-13/h5-10,12-13H,1-4,11H2,(H,25,26,28). The number of Topliss-reactive ketones (excluding diaryl/α,β-unsaturated/α-hetero) is 1. The van der Waals surface area contributed by atoms with E-state index in [1.807, 2.05) is 0 Å². The third-order valence-electron chi connectivity index (χ3n) is 4.37. The Hall–Kier alpha value is -2.69. The molecule has 30 heavy (non-hydrogen) atoms. The largest absolute Gasteiger partial charge is 0.494 e. The third-order valence-corrected chi connectivity index (χ3v) is 5.53. The van der Waals surface area contributed by atoms with Crippen LogP contribution in [0.2, 0.25) is 0 Å². The van der Waals surface area contributed by atoms with Crippen molar-refractivity contribution in [3.63, 3.8) is 0 Å². The Labute approximate surface area is 169 Å². The van der Waals surface area contributed by atoms with Crippen molar-refractivity contribution >= 4 is 27.7 Å². The second-order valence-corrected chi connectivity index (χ2v) is 9.42. The zero-order valence-corrected chi connectivity index (χ0v) is 16.4. The molecule has 1 aliphatic rings. The van der Waals surface area contributed by atoms with Crippen LogP contribution in [0, 0.1) is 5.92 Å². The lowest BCUT2D eigenvalue weighted by atomic mass is 10.1. The zero-order chi connectivity index (χ0) is 22.1.